The molecule has 404 valence electrons. The smallest absolute Gasteiger partial charge is 0.324 e. The van der Waals surface area contributed by atoms with Crippen LogP contribution in [-0.4, -0.2) is 161 Å². The Morgan fingerprint density at radius 1 is 1.05 bits per heavy atom. The molecule has 1 aromatic carbocycles. The molecule has 5 amide bonds. The van der Waals surface area contributed by atoms with Crippen molar-refractivity contribution in [3.8, 4) is 22.5 Å². The molecule has 3 aliphatic rings. The van der Waals surface area contributed by atoms with Crippen LogP contribution in [0.15, 0.2) is 54.1 Å². The van der Waals surface area contributed by atoms with Crippen LogP contribution in [0, 0.1) is 11.3 Å². The number of hydrogen-bond acceptors (Lipinski definition) is 12. The third-order valence-electron chi connectivity index (χ3n) is 13.5. The summed E-state index contributed by atoms with van der Waals surface area (Å²) in [5.74, 6) is -1.84. The fraction of sp³-hybridized carbons (Fsp3) is 0.549. The SMILES string of the molecule is CCn1c(-c2cccnc2[C@H](C)OC)c2c3cc(ccc31)-c1csc(n1)C[C@H](NC(=O)[C@H](C(C)C)N(C)C(=O)N1CC(N(C)C(=O)/C=C/CN(C)C)C1)C(=O)N1CCC[C@H](N1)C(=O)OCC(C)(C)C2.S.S.S.S. The number of hydrazine groups is 1. The molecule has 2 fully saturated rings. The number of benzene rings is 1. The first-order chi connectivity index (χ1) is 32.8. The Morgan fingerprint density at radius 2 is 1.77 bits per heavy atom. The van der Waals surface area contributed by atoms with Gasteiger partial charge < -0.3 is 39.0 Å². The fourth-order valence-corrected chi connectivity index (χ4v) is 10.5. The minimum Gasteiger partial charge on any atom is -0.464 e. The van der Waals surface area contributed by atoms with Gasteiger partial charge in [-0.05, 0) is 83.0 Å². The van der Waals surface area contributed by atoms with Gasteiger partial charge in [-0.2, -0.15) is 54.0 Å². The average Bonchev–Trinajstić information content (AvgIpc) is 3.90. The number of likely N-dealkylation sites (N-methyl/N-ethyl adjacent to an activating group) is 3. The molecule has 0 aliphatic carbocycles. The highest BCUT2D eigenvalue weighted by molar-refractivity contribution is 7.59. The summed E-state index contributed by atoms with van der Waals surface area (Å²) in [5, 5.41) is 8.10. The van der Waals surface area contributed by atoms with Crippen molar-refractivity contribution < 1.29 is 33.4 Å². The van der Waals surface area contributed by atoms with Crippen LogP contribution in [0.2, 0.25) is 0 Å². The Hall–Kier alpha value is -4.29. The minimum absolute atomic E-state index is 0. The molecule has 3 aliphatic heterocycles. The number of pyridine rings is 1. The van der Waals surface area contributed by atoms with Crippen molar-refractivity contribution in [3.63, 3.8) is 0 Å². The number of nitrogens with one attached hydrogen (secondary N) is 2. The van der Waals surface area contributed by atoms with Crippen molar-refractivity contribution in [2.45, 2.75) is 104 Å². The molecule has 0 radical (unpaired) electrons. The van der Waals surface area contributed by atoms with Crippen molar-refractivity contribution >= 4 is 106 Å². The molecule has 2 saturated heterocycles. The van der Waals surface area contributed by atoms with Gasteiger partial charge in [-0.25, -0.2) is 15.2 Å². The molecule has 17 nitrogen and oxygen atoms in total. The maximum Gasteiger partial charge on any atom is 0.324 e. The number of cyclic esters (lactones) is 1. The van der Waals surface area contributed by atoms with Crippen molar-refractivity contribution in [2.24, 2.45) is 11.3 Å². The van der Waals surface area contributed by atoms with Crippen molar-refractivity contribution in [1.82, 2.24) is 49.9 Å². The van der Waals surface area contributed by atoms with Gasteiger partial charge in [0, 0.05) is 105 Å². The summed E-state index contributed by atoms with van der Waals surface area (Å²) in [6.45, 7) is 14.5. The third kappa shape index (κ3) is 14.2. The first kappa shape index (κ1) is 63.0. The highest BCUT2D eigenvalue weighted by Gasteiger charge is 2.42. The average molecular weight is 1100 g/mol. The minimum atomic E-state index is -1.09. The largest absolute Gasteiger partial charge is 0.464 e. The lowest BCUT2D eigenvalue weighted by Gasteiger charge is -2.46. The van der Waals surface area contributed by atoms with Crippen molar-refractivity contribution in [3.05, 3.63) is 70.3 Å². The molecule has 0 unspecified atom stereocenters. The summed E-state index contributed by atoms with van der Waals surface area (Å²) < 4.78 is 14.2. The molecule has 2 N–H and O–H groups in total. The van der Waals surface area contributed by atoms with Crippen LogP contribution in [0.5, 0.6) is 0 Å². The van der Waals surface area contributed by atoms with Gasteiger partial charge in [0.05, 0.1) is 40.8 Å². The van der Waals surface area contributed by atoms with Crippen LogP contribution in [0.3, 0.4) is 0 Å². The van der Waals surface area contributed by atoms with Gasteiger partial charge >= 0.3 is 12.0 Å². The number of ether oxygens (including phenoxy) is 2. The molecule has 7 rings (SSSR count). The number of nitrogens with zero attached hydrogens (tertiary/aromatic N) is 8. The highest BCUT2D eigenvalue weighted by atomic mass is 32.1. The standard InChI is InChI=1S/C51H70N10O7S.4H2S/c1-12-60-41-20-19-33-24-36(41)37(46(60)35-16-13-21-52-44(35)32(4)67-11)26-51(5,6)30-68-49(65)38-17-14-23-61(55-38)48(64)39(25-42-53-40(33)29-69-42)54-47(63)45(31(2)3)58(10)50(66)59-27-34(28-59)57(9)43(62)18-15-22-56(7)8;;;;/h13,15-16,18-21,24,29,31-32,34,38-39,45,55H,12,14,17,22-23,25-28,30H2,1-11H3,(H,54,63);4*1H2/b18-15+;;;;/t32-,38-,39-,45-;;;;/m0..../s1. The van der Waals surface area contributed by atoms with Gasteiger partial charge in [0.2, 0.25) is 11.8 Å². The van der Waals surface area contributed by atoms with Gasteiger partial charge in [-0.3, -0.25) is 29.2 Å². The van der Waals surface area contributed by atoms with Crippen LogP contribution < -0.4 is 10.7 Å². The van der Waals surface area contributed by atoms with E-state index < -0.39 is 41.3 Å². The predicted octanol–water partition coefficient (Wildman–Crippen LogP) is 5.99. The summed E-state index contributed by atoms with van der Waals surface area (Å²) in [4.78, 5) is 86.3. The van der Waals surface area contributed by atoms with Gasteiger partial charge in [0.15, 0.2) is 0 Å². The number of aromatic nitrogens is 3. The van der Waals surface area contributed by atoms with Gasteiger partial charge in [0.1, 0.15) is 18.1 Å². The van der Waals surface area contributed by atoms with Crippen LogP contribution >= 0.6 is 65.3 Å². The van der Waals surface area contributed by atoms with Crippen molar-refractivity contribution in [2.75, 3.05) is 68.1 Å². The first-order valence-electron chi connectivity index (χ1n) is 24.0. The van der Waals surface area contributed by atoms with Crippen LogP contribution in [0.1, 0.15) is 76.8 Å². The molecule has 4 atom stereocenters. The maximum absolute atomic E-state index is 14.7. The molecule has 22 heteroatoms. The number of carbonyl (C=O) groups is 5. The number of urea groups is 1. The topological polar surface area (TPSA) is 175 Å². The zero-order valence-electron chi connectivity index (χ0n) is 44.1. The first-order valence-corrected chi connectivity index (χ1v) is 24.9. The van der Waals surface area contributed by atoms with Gasteiger partial charge in [-0.15, -0.1) is 11.3 Å². The van der Waals surface area contributed by atoms with Gasteiger partial charge in [-0.1, -0.05) is 39.8 Å². The van der Waals surface area contributed by atoms with E-state index in [1.165, 1.54) is 21.2 Å². The molecule has 6 bridgehead atoms. The molecule has 3 aromatic heterocycles. The van der Waals surface area contributed by atoms with Gasteiger partial charge in [0.25, 0.3) is 5.91 Å². The lowest BCUT2D eigenvalue weighted by molar-refractivity contribution is -0.155. The highest BCUT2D eigenvalue weighted by Crippen LogP contribution is 2.42. The maximum atomic E-state index is 14.7. The zero-order chi connectivity index (χ0) is 49.9. The number of hydrogen-bond donors (Lipinski definition) is 2. The number of amides is 5. The fourth-order valence-electron chi connectivity index (χ4n) is 9.61. The number of carbonyl (C=O) groups excluding carboxylic acids is 5. The number of methoxy groups -OCH3 is 1. The lowest BCUT2D eigenvalue weighted by atomic mass is 9.84. The van der Waals surface area contributed by atoms with Crippen LogP contribution in [0.4, 0.5) is 4.79 Å². The Morgan fingerprint density at radius 3 is 2.42 bits per heavy atom. The molecule has 4 aromatic rings. The number of likely N-dealkylation sites (tertiary alicyclic amines) is 1. The Balaban J connectivity index is 0.00000352. The van der Waals surface area contributed by atoms with E-state index in [2.05, 4.69) is 60.3 Å². The number of esters is 1. The van der Waals surface area contributed by atoms with E-state index in [4.69, 9.17) is 19.4 Å². The van der Waals surface area contributed by atoms with E-state index in [9.17, 15) is 24.0 Å². The molecule has 0 saturated carbocycles. The Kier molecular flexibility index (Phi) is 23.3. The third-order valence-corrected chi connectivity index (χ3v) is 14.4. The molecule has 6 heterocycles. The van der Waals surface area contributed by atoms with E-state index in [0.29, 0.717) is 57.0 Å². The second kappa shape index (κ2) is 27.0. The number of fused-ring (bicyclic) bond motifs is 6. The Bertz CT molecular complexity index is 2580. The van der Waals surface area contributed by atoms with E-state index in [-0.39, 0.29) is 97.0 Å². The van der Waals surface area contributed by atoms with E-state index in [0.717, 1.165) is 44.7 Å². The molecular weight excluding hydrogens is 1020 g/mol. The number of aryl methyl sites for hydroxylation is 1. The van der Waals surface area contributed by atoms with Crippen LogP contribution in [-0.2, 0) is 48.0 Å². The van der Waals surface area contributed by atoms with Crippen LogP contribution in [0.25, 0.3) is 33.4 Å². The quantitative estimate of drug-likeness (QED) is 0.126. The summed E-state index contributed by atoms with van der Waals surface area (Å²) in [7, 11) is 8.85. The van der Waals surface area contributed by atoms with E-state index in [1.807, 2.05) is 51.2 Å². The predicted molar refractivity (Wildman–Crippen MR) is 308 cm³/mol. The molecular formula is C51H78N10O7S5. The van der Waals surface area contributed by atoms with E-state index in [1.54, 1.807) is 49.4 Å². The summed E-state index contributed by atoms with van der Waals surface area (Å²) in [6.07, 6.45) is 6.53. The second-order valence-corrected chi connectivity index (χ2v) is 21.0. The summed E-state index contributed by atoms with van der Waals surface area (Å²) >= 11 is 1.41. The number of thiazole rings is 1. The normalized spacial score (nSPS) is 18.8. The Labute approximate surface area is 462 Å². The summed E-state index contributed by atoms with van der Waals surface area (Å²) in [6, 6.07) is 7.09. The molecule has 73 heavy (non-hydrogen) atoms. The monoisotopic (exact) mass is 1100 g/mol. The van der Waals surface area contributed by atoms with Crippen molar-refractivity contribution in [1.29, 1.82) is 0 Å². The summed E-state index contributed by atoms with van der Waals surface area (Å²) in [5.41, 5.74) is 9.25. The van der Waals surface area contributed by atoms with E-state index >= 15 is 0 Å². The molecule has 0 spiro atoms. The second-order valence-electron chi connectivity index (χ2n) is 20.0. The lowest BCUT2D eigenvalue weighted by Crippen LogP contribution is -2.66. The zero-order valence-corrected chi connectivity index (χ0v) is 48.9. The number of rotatable bonds is 12.